The normalized spacial score (nSPS) is 16.9. The minimum Gasteiger partial charge on any atom is -0.480 e. The van der Waals surface area contributed by atoms with Gasteiger partial charge in [-0.05, 0) is 18.8 Å². The lowest BCUT2D eigenvalue weighted by Gasteiger charge is -2.27. The molecule has 0 aliphatic heterocycles. The van der Waals surface area contributed by atoms with Crippen LogP contribution in [-0.4, -0.2) is 58.9 Å². The minimum absolute atomic E-state index is 0.154. The first-order valence-corrected chi connectivity index (χ1v) is 10.0. The molecule has 0 spiro atoms. The molecular formula is C19H35N5O6. The second-order valence-corrected chi connectivity index (χ2v) is 7.58. The van der Waals surface area contributed by atoms with Crippen molar-refractivity contribution in [3.8, 4) is 0 Å². The number of primary amides is 1. The van der Waals surface area contributed by atoms with E-state index in [0.29, 0.717) is 12.8 Å². The minimum atomic E-state index is -1.32. The Morgan fingerprint density at radius 3 is 1.80 bits per heavy atom. The average Bonchev–Trinajstić information content (AvgIpc) is 2.68. The van der Waals surface area contributed by atoms with Gasteiger partial charge in [0, 0.05) is 0 Å². The van der Waals surface area contributed by atoms with E-state index in [1.807, 2.05) is 6.92 Å². The highest BCUT2D eigenvalue weighted by molar-refractivity contribution is 5.96. The predicted octanol–water partition coefficient (Wildman–Crippen LogP) is -1.16. The molecule has 0 fully saturated rings. The predicted molar refractivity (Wildman–Crippen MR) is 110 cm³/mol. The number of rotatable bonds is 13. The molecule has 0 aromatic rings. The van der Waals surface area contributed by atoms with Crippen LogP contribution < -0.4 is 27.4 Å². The van der Waals surface area contributed by atoms with Crippen LogP contribution in [0.2, 0.25) is 0 Å². The molecule has 6 unspecified atom stereocenters. The van der Waals surface area contributed by atoms with Crippen LogP contribution in [0.4, 0.5) is 0 Å². The number of aliphatic carboxylic acids is 1. The topological polar surface area (TPSA) is 194 Å². The first-order chi connectivity index (χ1) is 13.8. The second-order valence-electron chi connectivity index (χ2n) is 7.58. The third-order valence-electron chi connectivity index (χ3n) is 5.12. The van der Waals surface area contributed by atoms with E-state index in [0.717, 1.165) is 0 Å². The smallest absolute Gasteiger partial charge is 0.325 e. The van der Waals surface area contributed by atoms with Crippen molar-refractivity contribution in [3.05, 3.63) is 0 Å². The average molecular weight is 430 g/mol. The summed E-state index contributed by atoms with van der Waals surface area (Å²) in [6.45, 7) is 8.43. The Kier molecular flexibility index (Phi) is 11.6. The van der Waals surface area contributed by atoms with Gasteiger partial charge >= 0.3 is 5.97 Å². The lowest BCUT2D eigenvalue weighted by molar-refractivity contribution is -0.142. The van der Waals surface area contributed by atoms with Crippen LogP contribution in [0, 0.1) is 11.8 Å². The van der Waals surface area contributed by atoms with E-state index in [9.17, 15) is 24.0 Å². The number of hydrogen-bond donors (Lipinski definition) is 6. The molecule has 0 aliphatic rings. The summed E-state index contributed by atoms with van der Waals surface area (Å²) in [5.41, 5.74) is 11.1. The zero-order chi connectivity index (χ0) is 23.6. The van der Waals surface area contributed by atoms with E-state index in [1.54, 1.807) is 20.8 Å². The maximum Gasteiger partial charge on any atom is 0.325 e. The van der Waals surface area contributed by atoms with Crippen molar-refractivity contribution in [1.82, 2.24) is 16.0 Å². The molecule has 0 aromatic carbocycles. The highest BCUT2D eigenvalue weighted by atomic mass is 16.4. The highest BCUT2D eigenvalue weighted by Gasteiger charge is 2.33. The van der Waals surface area contributed by atoms with Crippen LogP contribution in [0.15, 0.2) is 0 Å². The van der Waals surface area contributed by atoms with Crippen molar-refractivity contribution in [2.24, 2.45) is 23.3 Å². The van der Waals surface area contributed by atoms with Gasteiger partial charge in [0.15, 0.2) is 0 Å². The van der Waals surface area contributed by atoms with E-state index in [-0.39, 0.29) is 11.8 Å². The van der Waals surface area contributed by atoms with Crippen molar-refractivity contribution < 1.29 is 29.1 Å². The van der Waals surface area contributed by atoms with Gasteiger partial charge in [-0.25, -0.2) is 0 Å². The van der Waals surface area contributed by atoms with Crippen LogP contribution in [0.25, 0.3) is 0 Å². The van der Waals surface area contributed by atoms with Gasteiger partial charge in [0.1, 0.15) is 18.1 Å². The van der Waals surface area contributed by atoms with E-state index in [2.05, 4.69) is 16.0 Å². The van der Waals surface area contributed by atoms with Gasteiger partial charge in [-0.3, -0.25) is 24.0 Å². The molecule has 0 bridgehead atoms. The van der Waals surface area contributed by atoms with Crippen LogP contribution in [0.5, 0.6) is 0 Å². The molecule has 0 heterocycles. The molecular weight excluding hydrogens is 394 g/mol. The van der Waals surface area contributed by atoms with Gasteiger partial charge in [-0.1, -0.05) is 40.5 Å². The number of carbonyl (C=O) groups excluding carboxylic acids is 4. The molecule has 0 rings (SSSR count). The number of hydrogen-bond acceptors (Lipinski definition) is 6. The lowest BCUT2D eigenvalue weighted by atomic mass is 9.97. The van der Waals surface area contributed by atoms with Crippen molar-refractivity contribution in [2.75, 3.05) is 0 Å². The molecule has 30 heavy (non-hydrogen) atoms. The summed E-state index contributed by atoms with van der Waals surface area (Å²) in [6, 6.07) is -4.43. The third-order valence-corrected chi connectivity index (χ3v) is 5.12. The fourth-order valence-corrected chi connectivity index (χ4v) is 2.51. The van der Waals surface area contributed by atoms with Crippen molar-refractivity contribution in [2.45, 2.75) is 78.0 Å². The number of nitrogens with two attached hydrogens (primary N) is 2. The summed E-state index contributed by atoms with van der Waals surface area (Å²) in [5.74, 6) is -4.64. The van der Waals surface area contributed by atoms with Gasteiger partial charge in [-0.15, -0.1) is 0 Å². The molecule has 4 amide bonds. The highest BCUT2D eigenvalue weighted by Crippen LogP contribution is 2.10. The molecule has 0 aliphatic carbocycles. The summed E-state index contributed by atoms with van der Waals surface area (Å²) in [7, 11) is 0. The van der Waals surface area contributed by atoms with Gasteiger partial charge in [0.25, 0.3) is 0 Å². The lowest BCUT2D eigenvalue weighted by Crippen LogP contribution is -2.59. The zero-order valence-electron chi connectivity index (χ0n) is 18.2. The summed E-state index contributed by atoms with van der Waals surface area (Å²) in [6.07, 6.45) is 0.663. The zero-order valence-corrected chi connectivity index (χ0v) is 18.2. The Balaban J connectivity index is 5.47. The number of amides is 4. The number of carboxylic acids is 1. The molecule has 172 valence electrons. The van der Waals surface area contributed by atoms with Gasteiger partial charge in [0.05, 0.1) is 12.5 Å². The van der Waals surface area contributed by atoms with E-state index >= 15 is 0 Å². The quantitative estimate of drug-likeness (QED) is 0.212. The van der Waals surface area contributed by atoms with Crippen LogP contribution in [-0.2, 0) is 24.0 Å². The third kappa shape index (κ3) is 8.76. The monoisotopic (exact) mass is 429 g/mol. The Bertz CT molecular complexity index is 641. The molecule has 0 aromatic heterocycles. The molecule has 0 saturated heterocycles. The largest absolute Gasteiger partial charge is 0.480 e. The van der Waals surface area contributed by atoms with Crippen molar-refractivity contribution >= 4 is 29.6 Å². The maximum atomic E-state index is 12.8. The maximum absolute atomic E-state index is 12.8. The van der Waals surface area contributed by atoms with E-state index in [4.69, 9.17) is 16.6 Å². The molecule has 8 N–H and O–H groups in total. The van der Waals surface area contributed by atoms with Gasteiger partial charge in [0.2, 0.25) is 23.6 Å². The van der Waals surface area contributed by atoms with Crippen LogP contribution >= 0.6 is 0 Å². The molecule has 0 saturated carbocycles. The summed E-state index contributed by atoms with van der Waals surface area (Å²) >= 11 is 0. The number of carboxylic acid groups (broad SMARTS) is 1. The SMILES string of the molecule is CCC(C)C(N)C(=O)NC(CC(N)=O)C(=O)NC(C(=O)NC(C)C(=O)O)C(C)CC. The number of nitrogens with one attached hydrogen (secondary N) is 3. The summed E-state index contributed by atoms with van der Waals surface area (Å²) < 4.78 is 0. The standard InChI is InChI=1S/C19H35N5O6/c1-6-9(3)14(21)17(27)23-12(8-13(20)25)16(26)24-15(10(4)7-2)18(28)22-11(5)19(29)30/h9-12,14-15H,6-8,21H2,1-5H3,(H2,20,25)(H,22,28)(H,23,27)(H,24,26)(H,29,30). The fraction of sp³-hybridized carbons (Fsp3) is 0.737. The van der Waals surface area contributed by atoms with Crippen molar-refractivity contribution in [1.29, 1.82) is 0 Å². The fourth-order valence-electron chi connectivity index (χ4n) is 2.51. The second kappa shape index (κ2) is 12.8. The molecule has 11 nitrogen and oxygen atoms in total. The number of carbonyl (C=O) groups is 5. The Hall–Kier alpha value is -2.69. The van der Waals surface area contributed by atoms with Crippen molar-refractivity contribution in [3.63, 3.8) is 0 Å². The molecule has 11 heteroatoms. The Morgan fingerprint density at radius 2 is 1.37 bits per heavy atom. The Labute approximate surface area is 176 Å². The molecule has 0 radical (unpaired) electrons. The van der Waals surface area contributed by atoms with Gasteiger partial charge in [-0.2, -0.15) is 0 Å². The van der Waals surface area contributed by atoms with E-state index in [1.165, 1.54) is 6.92 Å². The van der Waals surface area contributed by atoms with Crippen LogP contribution in [0.1, 0.15) is 53.9 Å². The van der Waals surface area contributed by atoms with E-state index < -0.39 is 60.2 Å². The first-order valence-electron chi connectivity index (χ1n) is 10.0. The van der Waals surface area contributed by atoms with Crippen LogP contribution in [0.3, 0.4) is 0 Å². The Morgan fingerprint density at radius 1 is 0.833 bits per heavy atom. The summed E-state index contributed by atoms with van der Waals surface area (Å²) in [5, 5.41) is 16.2. The first kappa shape index (κ1) is 27.3. The molecule has 6 atom stereocenters. The summed E-state index contributed by atoms with van der Waals surface area (Å²) in [4.78, 5) is 60.0. The van der Waals surface area contributed by atoms with Gasteiger partial charge < -0.3 is 32.5 Å².